The second-order valence-corrected chi connectivity index (χ2v) is 10.1. The third kappa shape index (κ3) is 5.22. The van der Waals surface area contributed by atoms with Crippen LogP contribution in [0.5, 0.6) is 5.75 Å². The maximum atomic E-state index is 13.1. The number of aryl methyl sites for hydroxylation is 1. The van der Waals surface area contributed by atoms with E-state index in [1.165, 1.54) is 19.2 Å². The number of halogens is 1. The molecule has 0 unspecified atom stereocenters. The van der Waals surface area contributed by atoms with Gasteiger partial charge in [0.1, 0.15) is 5.75 Å². The van der Waals surface area contributed by atoms with Crippen LogP contribution in [-0.2, 0) is 10.0 Å². The van der Waals surface area contributed by atoms with Crippen LogP contribution in [0.3, 0.4) is 0 Å². The molecule has 6 nitrogen and oxygen atoms in total. The first kappa shape index (κ1) is 21.9. The zero-order chi connectivity index (χ0) is 21.0. The second-order valence-electron chi connectivity index (χ2n) is 7.13. The second kappa shape index (κ2) is 9.34. The number of hydrogen-bond donors (Lipinski definition) is 1. The molecule has 0 aromatic heterocycles. The number of carbonyl (C=O) groups is 1. The van der Waals surface area contributed by atoms with Crippen LogP contribution in [0.15, 0.2) is 41.3 Å². The predicted octanol–water partition coefficient (Wildman–Crippen LogP) is 4.43. The first-order valence-corrected chi connectivity index (χ1v) is 12.1. The molecule has 0 atom stereocenters. The molecular formula is C21H25IN2O4S. The lowest BCUT2D eigenvalue weighted by Crippen LogP contribution is -2.32. The summed E-state index contributed by atoms with van der Waals surface area (Å²) in [5.41, 5.74) is 1.62. The Kier molecular flexibility index (Phi) is 7.05. The molecular weight excluding hydrogens is 503 g/mol. The largest absolute Gasteiger partial charge is 0.496 e. The molecule has 1 N–H and O–H groups in total. The summed E-state index contributed by atoms with van der Waals surface area (Å²) in [4.78, 5) is 14.9. The molecule has 0 spiro atoms. The molecule has 1 aliphatic heterocycles. The number of hydrogen-bond acceptors (Lipinski definition) is 4. The molecule has 0 radical (unpaired) electrons. The number of rotatable bonds is 5. The van der Waals surface area contributed by atoms with Crippen LogP contribution in [0.1, 0.15) is 41.6 Å². The van der Waals surface area contributed by atoms with Gasteiger partial charge in [-0.3, -0.25) is 9.52 Å². The van der Waals surface area contributed by atoms with Crippen molar-refractivity contribution >= 4 is 44.2 Å². The molecule has 3 rings (SSSR count). The molecule has 0 saturated carbocycles. The molecule has 1 heterocycles. The van der Waals surface area contributed by atoms with Crippen LogP contribution in [0.4, 0.5) is 5.69 Å². The molecule has 156 valence electrons. The molecule has 1 amide bonds. The van der Waals surface area contributed by atoms with E-state index < -0.39 is 10.0 Å². The fourth-order valence-electron chi connectivity index (χ4n) is 3.41. The summed E-state index contributed by atoms with van der Waals surface area (Å²) in [5, 5.41) is 0. The van der Waals surface area contributed by atoms with Crippen molar-refractivity contribution in [2.75, 3.05) is 24.9 Å². The Morgan fingerprint density at radius 3 is 2.38 bits per heavy atom. The van der Waals surface area contributed by atoms with Gasteiger partial charge in [-0.2, -0.15) is 0 Å². The number of ether oxygens (including phenoxy) is 1. The highest BCUT2D eigenvalue weighted by molar-refractivity contribution is 14.1. The van der Waals surface area contributed by atoms with E-state index in [1.807, 2.05) is 19.1 Å². The standard InChI is InChI=1S/C21H25IN2O4S/c1-15-13-16(22)7-9-19(15)23-29(26,27)17-8-10-20(28-2)18(14-17)21(25)24-11-5-3-4-6-12-24/h7-10,13-14,23H,3-6,11-12H2,1-2H3. The third-order valence-corrected chi connectivity index (χ3v) is 7.07. The Labute approximate surface area is 185 Å². The van der Waals surface area contributed by atoms with E-state index in [4.69, 9.17) is 4.74 Å². The number of benzene rings is 2. The molecule has 29 heavy (non-hydrogen) atoms. The van der Waals surface area contributed by atoms with Crippen LogP contribution in [0.2, 0.25) is 0 Å². The summed E-state index contributed by atoms with van der Waals surface area (Å²) in [7, 11) is -2.36. The zero-order valence-corrected chi connectivity index (χ0v) is 19.5. The lowest BCUT2D eigenvalue weighted by Gasteiger charge is -2.22. The highest BCUT2D eigenvalue weighted by atomic mass is 127. The number of amides is 1. The van der Waals surface area contributed by atoms with Crippen molar-refractivity contribution < 1.29 is 17.9 Å². The molecule has 0 aliphatic carbocycles. The van der Waals surface area contributed by atoms with Crippen molar-refractivity contribution in [1.29, 1.82) is 0 Å². The average molecular weight is 528 g/mol. The van der Waals surface area contributed by atoms with Gasteiger partial charge < -0.3 is 9.64 Å². The number of sulfonamides is 1. The Hall–Kier alpha value is -1.81. The average Bonchev–Trinajstić information content (AvgIpc) is 2.98. The van der Waals surface area contributed by atoms with Gasteiger partial charge in [-0.05, 0) is 84.3 Å². The number of methoxy groups -OCH3 is 1. The third-order valence-electron chi connectivity index (χ3n) is 5.04. The van der Waals surface area contributed by atoms with E-state index in [-0.39, 0.29) is 16.4 Å². The van der Waals surface area contributed by atoms with E-state index in [2.05, 4.69) is 27.3 Å². The summed E-state index contributed by atoms with van der Waals surface area (Å²) < 4.78 is 34.9. The predicted molar refractivity (Wildman–Crippen MR) is 122 cm³/mol. The Morgan fingerprint density at radius 1 is 1.07 bits per heavy atom. The number of anilines is 1. The number of nitrogens with one attached hydrogen (secondary N) is 1. The van der Waals surface area contributed by atoms with E-state index in [0.717, 1.165) is 34.8 Å². The Balaban J connectivity index is 1.93. The van der Waals surface area contributed by atoms with Crippen molar-refractivity contribution in [3.8, 4) is 5.75 Å². The topological polar surface area (TPSA) is 75.7 Å². The first-order valence-electron chi connectivity index (χ1n) is 9.58. The monoisotopic (exact) mass is 528 g/mol. The fraction of sp³-hybridized carbons (Fsp3) is 0.381. The SMILES string of the molecule is COc1ccc(S(=O)(=O)Nc2ccc(I)cc2C)cc1C(=O)N1CCCCCC1. The van der Waals surface area contributed by atoms with Gasteiger partial charge >= 0.3 is 0 Å². The van der Waals surface area contributed by atoms with Gasteiger partial charge in [-0.15, -0.1) is 0 Å². The van der Waals surface area contributed by atoms with Gasteiger partial charge in [0, 0.05) is 16.7 Å². The maximum Gasteiger partial charge on any atom is 0.261 e. The maximum absolute atomic E-state index is 13.1. The molecule has 2 aromatic carbocycles. The van der Waals surface area contributed by atoms with Crippen LogP contribution in [-0.4, -0.2) is 39.4 Å². The van der Waals surface area contributed by atoms with Crippen molar-refractivity contribution in [2.24, 2.45) is 0 Å². The van der Waals surface area contributed by atoms with Crippen molar-refractivity contribution in [2.45, 2.75) is 37.5 Å². The first-order chi connectivity index (χ1) is 13.8. The molecule has 8 heteroatoms. The van der Waals surface area contributed by atoms with Crippen LogP contribution in [0, 0.1) is 10.5 Å². The van der Waals surface area contributed by atoms with Crippen LogP contribution >= 0.6 is 22.6 Å². The smallest absolute Gasteiger partial charge is 0.261 e. The van der Waals surface area contributed by atoms with Crippen molar-refractivity contribution in [3.63, 3.8) is 0 Å². The van der Waals surface area contributed by atoms with E-state index in [1.54, 1.807) is 17.0 Å². The minimum atomic E-state index is -3.85. The van der Waals surface area contributed by atoms with E-state index >= 15 is 0 Å². The summed E-state index contributed by atoms with van der Waals surface area (Å²) in [6, 6.07) is 9.90. The summed E-state index contributed by atoms with van der Waals surface area (Å²) in [5.74, 6) is 0.190. The number of nitrogens with zero attached hydrogens (tertiary/aromatic N) is 1. The molecule has 1 fully saturated rings. The van der Waals surface area contributed by atoms with Gasteiger partial charge in [0.2, 0.25) is 0 Å². The molecule has 2 aromatic rings. The van der Waals surface area contributed by atoms with Crippen LogP contribution < -0.4 is 9.46 Å². The molecule has 1 saturated heterocycles. The minimum Gasteiger partial charge on any atom is -0.496 e. The highest BCUT2D eigenvalue weighted by Crippen LogP contribution is 2.27. The lowest BCUT2D eigenvalue weighted by atomic mass is 10.1. The summed E-state index contributed by atoms with van der Waals surface area (Å²) in [6.45, 7) is 3.21. The van der Waals surface area contributed by atoms with E-state index in [0.29, 0.717) is 24.5 Å². The fourth-order valence-corrected chi connectivity index (χ4v) is 5.21. The quantitative estimate of drug-likeness (QED) is 0.583. The van der Waals surface area contributed by atoms with Gasteiger partial charge in [0.25, 0.3) is 15.9 Å². The normalized spacial score (nSPS) is 14.9. The number of carbonyl (C=O) groups excluding carboxylic acids is 1. The summed E-state index contributed by atoms with van der Waals surface area (Å²) >= 11 is 2.18. The van der Waals surface area contributed by atoms with Gasteiger partial charge in [0.15, 0.2) is 0 Å². The zero-order valence-electron chi connectivity index (χ0n) is 16.6. The highest BCUT2D eigenvalue weighted by Gasteiger charge is 2.24. The minimum absolute atomic E-state index is 0.0365. The van der Waals surface area contributed by atoms with Gasteiger partial charge in [-0.1, -0.05) is 12.8 Å². The van der Waals surface area contributed by atoms with Crippen LogP contribution in [0.25, 0.3) is 0 Å². The summed E-state index contributed by atoms with van der Waals surface area (Å²) in [6.07, 6.45) is 4.13. The Bertz CT molecular complexity index is 1000. The molecule has 1 aliphatic rings. The number of likely N-dealkylation sites (tertiary alicyclic amines) is 1. The van der Waals surface area contributed by atoms with Crippen molar-refractivity contribution in [1.82, 2.24) is 4.90 Å². The van der Waals surface area contributed by atoms with E-state index in [9.17, 15) is 13.2 Å². The lowest BCUT2D eigenvalue weighted by molar-refractivity contribution is 0.0758. The van der Waals surface area contributed by atoms with Gasteiger partial charge in [-0.25, -0.2) is 8.42 Å². The van der Waals surface area contributed by atoms with Crippen molar-refractivity contribution in [3.05, 3.63) is 51.1 Å². The molecule has 0 bridgehead atoms. The van der Waals surface area contributed by atoms with Gasteiger partial charge in [0.05, 0.1) is 23.3 Å². The Morgan fingerprint density at radius 2 is 1.76 bits per heavy atom.